The molecule has 3 nitrogen and oxygen atoms in total. The van der Waals surface area contributed by atoms with Gasteiger partial charge in [-0.15, -0.1) is 10.2 Å². The molecule has 0 unspecified atom stereocenters. The Bertz CT molecular complexity index is 465. The molecule has 2 heterocycles. The smallest absolute Gasteiger partial charge is 0.151 e. The fraction of sp³-hybridized carbons (Fsp3) is 0.500. The van der Waals surface area contributed by atoms with Gasteiger partial charge in [-0.05, 0) is 18.5 Å². The molecule has 0 atom stereocenters. The van der Waals surface area contributed by atoms with Crippen LogP contribution in [0.4, 0.5) is 0 Å². The predicted molar refractivity (Wildman–Crippen MR) is 63.3 cm³/mol. The van der Waals surface area contributed by atoms with Gasteiger partial charge < -0.3 is 0 Å². The van der Waals surface area contributed by atoms with E-state index in [0.717, 1.165) is 21.3 Å². The van der Waals surface area contributed by atoms with Crippen LogP contribution in [0.15, 0.2) is 0 Å². The van der Waals surface area contributed by atoms with Crippen molar-refractivity contribution in [3.63, 3.8) is 0 Å². The molecule has 15 heavy (non-hydrogen) atoms. The number of nitrogens with zero attached hydrogens (tertiary/aromatic N) is 3. The fourth-order valence-electron chi connectivity index (χ4n) is 1.08. The second-order valence-electron chi connectivity index (χ2n) is 4.41. The summed E-state index contributed by atoms with van der Waals surface area (Å²) in [5.41, 5.74) is 2.04. The van der Waals surface area contributed by atoms with Crippen LogP contribution in [0, 0.1) is 12.3 Å². The molecule has 0 amide bonds. The summed E-state index contributed by atoms with van der Waals surface area (Å²) in [4.78, 5) is 0. The van der Waals surface area contributed by atoms with Crippen molar-refractivity contribution in [3.8, 4) is 10.6 Å². The van der Waals surface area contributed by atoms with Crippen molar-refractivity contribution in [2.75, 3.05) is 0 Å². The molecule has 0 bridgehead atoms. The minimum absolute atomic E-state index is 0.0628. The summed E-state index contributed by atoms with van der Waals surface area (Å²) in [5, 5.41) is 13.5. The third kappa shape index (κ3) is 2.08. The highest BCUT2D eigenvalue weighted by molar-refractivity contribution is 7.15. The summed E-state index contributed by atoms with van der Waals surface area (Å²) < 4.78 is 4.19. The number of aromatic nitrogens is 3. The Labute approximate surface area is 97.4 Å². The van der Waals surface area contributed by atoms with Crippen LogP contribution in [0.5, 0.6) is 0 Å². The third-order valence-electron chi connectivity index (χ3n) is 1.97. The Balaban J connectivity index is 2.41. The highest BCUT2D eigenvalue weighted by atomic mass is 32.1. The molecule has 0 aromatic carbocycles. The molecule has 0 saturated heterocycles. The highest BCUT2D eigenvalue weighted by Crippen LogP contribution is 2.32. The van der Waals surface area contributed by atoms with Gasteiger partial charge in [-0.2, -0.15) is 4.37 Å². The lowest BCUT2D eigenvalue weighted by atomic mass is 9.98. The molecular formula is C10H12N3S2. The Morgan fingerprint density at radius 1 is 1.20 bits per heavy atom. The van der Waals surface area contributed by atoms with Gasteiger partial charge in [-0.25, -0.2) is 0 Å². The lowest BCUT2D eigenvalue weighted by Gasteiger charge is -2.12. The standard InChI is InChI=1S/C10H12N3S2/c1-6-7(5-14-13-6)8-11-12-9(15-8)10(2,3)4/h1-4H3. The zero-order chi connectivity index (χ0) is 11.1. The summed E-state index contributed by atoms with van der Waals surface area (Å²) >= 11 is 2.97. The van der Waals surface area contributed by atoms with Crippen molar-refractivity contribution in [1.29, 1.82) is 0 Å². The van der Waals surface area contributed by atoms with E-state index in [1.54, 1.807) is 11.3 Å². The molecule has 2 aromatic heterocycles. The van der Waals surface area contributed by atoms with E-state index in [1.165, 1.54) is 11.5 Å². The highest BCUT2D eigenvalue weighted by Gasteiger charge is 2.20. The molecule has 79 valence electrons. The van der Waals surface area contributed by atoms with Crippen LogP contribution in [-0.4, -0.2) is 14.6 Å². The maximum Gasteiger partial charge on any atom is 0.151 e. The predicted octanol–water partition coefficient (Wildman–Crippen LogP) is 3.07. The van der Waals surface area contributed by atoms with Crippen LogP contribution in [0.25, 0.3) is 10.6 Å². The first-order valence-corrected chi connectivity index (χ1v) is 6.26. The molecule has 0 spiro atoms. The molecule has 2 aromatic rings. The first-order valence-electron chi connectivity index (χ1n) is 4.67. The maximum atomic E-state index is 4.21. The van der Waals surface area contributed by atoms with E-state index in [-0.39, 0.29) is 5.41 Å². The van der Waals surface area contributed by atoms with Gasteiger partial charge in [0.1, 0.15) is 5.01 Å². The SMILES string of the molecule is Cc1ns[c]c1-c1nnc(C(C)(C)C)s1. The molecular weight excluding hydrogens is 226 g/mol. The Morgan fingerprint density at radius 2 is 1.93 bits per heavy atom. The van der Waals surface area contributed by atoms with Gasteiger partial charge in [-0.1, -0.05) is 32.1 Å². The topological polar surface area (TPSA) is 38.7 Å². The second kappa shape index (κ2) is 3.64. The van der Waals surface area contributed by atoms with Gasteiger partial charge in [0, 0.05) is 5.41 Å². The summed E-state index contributed by atoms with van der Waals surface area (Å²) in [6.07, 6.45) is 0. The lowest BCUT2D eigenvalue weighted by molar-refractivity contribution is 0.578. The summed E-state index contributed by atoms with van der Waals surface area (Å²) in [5.74, 6) is 0. The van der Waals surface area contributed by atoms with Crippen LogP contribution in [0.2, 0.25) is 0 Å². The zero-order valence-corrected chi connectivity index (χ0v) is 10.8. The second-order valence-corrected chi connectivity index (χ2v) is 5.95. The van der Waals surface area contributed by atoms with E-state index in [2.05, 4.69) is 40.7 Å². The van der Waals surface area contributed by atoms with Gasteiger partial charge in [0.15, 0.2) is 5.01 Å². The van der Waals surface area contributed by atoms with E-state index in [4.69, 9.17) is 0 Å². The Hall–Kier alpha value is -0.810. The van der Waals surface area contributed by atoms with Gasteiger partial charge in [0.25, 0.3) is 0 Å². The average molecular weight is 238 g/mol. The van der Waals surface area contributed by atoms with Crippen molar-refractivity contribution in [2.24, 2.45) is 0 Å². The first kappa shape index (κ1) is 10.7. The first-order chi connectivity index (χ1) is 6.98. The van der Waals surface area contributed by atoms with E-state index < -0.39 is 0 Å². The van der Waals surface area contributed by atoms with Crippen molar-refractivity contribution in [2.45, 2.75) is 33.1 Å². The molecule has 0 aliphatic heterocycles. The van der Waals surface area contributed by atoms with Gasteiger partial charge in [-0.3, -0.25) is 0 Å². The monoisotopic (exact) mass is 238 g/mol. The lowest BCUT2D eigenvalue weighted by Crippen LogP contribution is -2.10. The fourth-order valence-corrected chi connectivity index (χ4v) is 2.71. The number of rotatable bonds is 1. The largest absolute Gasteiger partial charge is 0.197 e. The molecule has 0 aliphatic rings. The Morgan fingerprint density at radius 3 is 2.40 bits per heavy atom. The molecule has 0 N–H and O–H groups in total. The Kier molecular flexibility index (Phi) is 2.60. The van der Waals surface area contributed by atoms with Crippen LogP contribution in [0.1, 0.15) is 31.5 Å². The molecule has 2 rings (SSSR count). The molecule has 1 radical (unpaired) electrons. The summed E-state index contributed by atoms with van der Waals surface area (Å²) in [6.45, 7) is 8.39. The van der Waals surface area contributed by atoms with E-state index in [0.29, 0.717) is 0 Å². The molecule has 5 heteroatoms. The van der Waals surface area contributed by atoms with E-state index >= 15 is 0 Å². The summed E-state index contributed by atoms with van der Waals surface area (Å²) in [7, 11) is 0. The quantitative estimate of drug-likeness (QED) is 0.766. The minimum Gasteiger partial charge on any atom is -0.197 e. The molecule has 0 fully saturated rings. The van der Waals surface area contributed by atoms with Crippen molar-refractivity contribution in [1.82, 2.24) is 14.6 Å². The van der Waals surface area contributed by atoms with Gasteiger partial charge >= 0.3 is 0 Å². The summed E-state index contributed by atoms with van der Waals surface area (Å²) in [6, 6.07) is 0. The number of hydrogen-bond acceptors (Lipinski definition) is 5. The number of aryl methyl sites for hydroxylation is 1. The maximum absolute atomic E-state index is 4.21. The zero-order valence-electron chi connectivity index (χ0n) is 9.16. The van der Waals surface area contributed by atoms with E-state index in [1.807, 2.05) is 6.92 Å². The van der Waals surface area contributed by atoms with Crippen LogP contribution in [0.3, 0.4) is 0 Å². The number of hydrogen-bond donors (Lipinski definition) is 0. The van der Waals surface area contributed by atoms with E-state index in [9.17, 15) is 0 Å². The minimum atomic E-state index is 0.0628. The molecule has 0 aliphatic carbocycles. The van der Waals surface area contributed by atoms with Gasteiger partial charge in [0.05, 0.1) is 16.6 Å². The van der Waals surface area contributed by atoms with Crippen LogP contribution < -0.4 is 0 Å². The average Bonchev–Trinajstić information content (AvgIpc) is 2.69. The van der Waals surface area contributed by atoms with Crippen LogP contribution >= 0.6 is 22.9 Å². The molecule has 0 saturated carbocycles. The van der Waals surface area contributed by atoms with Gasteiger partial charge in [0.2, 0.25) is 0 Å². The van der Waals surface area contributed by atoms with Crippen LogP contribution in [-0.2, 0) is 5.41 Å². The van der Waals surface area contributed by atoms with Crippen molar-refractivity contribution < 1.29 is 0 Å². The normalized spacial score (nSPS) is 12.0. The third-order valence-corrected chi connectivity index (χ3v) is 4.00. The van der Waals surface area contributed by atoms with Crippen molar-refractivity contribution in [3.05, 3.63) is 16.1 Å². The van der Waals surface area contributed by atoms with Crippen molar-refractivity contribution >= 4 is 22.9 Å².